The first-order valence-corrected chi connectivity index (χ1v) is 6.53. The van der Waals surface area contributed by atoms with Crippen molar-refractivity contribution in [1.29, 1.82) is 0 Å². The Morgan fingerprint density at radius 1 is 1.40 bits per heavy atom. The first-order valence-electron chi connectivity index (χ1n) is 6.12. The predicted molar refractivity (Wildman–Crippen MR) is 80.7 cm³/mol. The maximum Gasteiger partial charge on any atom is 0.338 e. The SMILES string of the molecule is CC1=C(C(=O)OCC#Cc2ccccc2)CNC(=S)N1. The van der Waals surface area contributed by atoms with Crippen LogP contribution < -0.4 is 10.6 Å². The van der Waals surface area contributed by atoms with E-state index in [2.05, 4.69) is 22.5 Å². The normalized spacial score (nSPS) is 13.8. The fourth-order valence-corrected chi connectivity index (χ4v) is 1.89. The van der Waals surface area contributed by atoms with Gasteiger partial charge in [-0.15, -0.1) is 0 Å². The van der Waals surface area contributed by atoms with Crippen LogP contribution in [0.5, 0.6) is 0 Å². The monoisotopic (exact) mass is 286 g/mol. The topological polar surface area (TPSA) is 50.4 Å². The minimum atomic E-state index is -0.382. The quantitative estimate of drug-likeness (QED) is 0.488. The summed E-state index contributed by atoms with van der Waals surface area (Å²) in [7, 11) is 0. The number of carbonyl (C=O) groups is 1. The Morgan fingerprint density at radius 2 is 2.15 bits per heavy atom. The van der Waals surface area contributed by atoms with E-state index in [-0.39, 0.29) is 12.6 Å². The Morgan fingerprint density at radius 3 is 2.85 bits per heavy atom. The van der Waals surface area contributed by atoms with E-state index in [1.807, 2.05) is 30.3 Å². The predicted octanol–water partition coefficient (Wildman–Crippen LogP) is 1.33. The van der Waals surface area contributed by atoms with Crippen LogP contribution in [0.3, 0.4) is 0 Å². The number of thiocarbonyl (C=S) groups is 1. The summed E-state index contributed by atoms with van der Waals surface area (Å²) in [5, 5.41) is 6.29. The highest BCUT2D eigenvalue weighted by atomic mass is 32.1. The number of benzene rings is 1. The molecule has 0 aliphatic carbocycles. The summed E-state index contributed by atoms with van der Waals surface area (Å²) in [6.07, 6.45) is 0. The average molecular weight is 286 g/mol. The van der Waals surface area contributed by atoms with Crippen molar-refractivity contribution in [2.45, 2.75) is 6.92 Å². The number of ether oxygens (including phenoxy) is 1. The van der Waals surface area contributed by atoms with Gasteiger partial charge in [0.25, 0.3) is 0 Å². The summed E-state index contributed by atoms with van der Waals surface area (Å²) in [5.41, 5.74) is 2.15. The van der Waals surface area contributed by atoms with E-state index in [4.69, 9.17) is 17.0 Å². The van der Waals surface area contributed by atoms with E-state index >= 15 is 0 Å². The molecule has 2 N–H and O–H groups in total. The molecule has 1 heterocycles. The number of esters is 1. The van der Waals surface area contributed by atoms with Crippen LogP contribution >= 0.6 is 12.2 Å². The lowest BCUT2D eigenvalue weighted by molar-refractivity contribution is -0.137. The molecule has 0 fully saturated rings. The Kier molecular flexibility index (Phi) is 4.75. The van der Waals surface area contributed by atoms with Crippen molar-refractivity contribution in [3.8, 4) is 11.8 Å². The van der Waals surface area contributed by atoms with Crippen LogP contribution in [0.15, 0.2) is 41.6 Å². The van der Waals surface area contributed by atoms with Crippen LogP contribution in [-0.2, 0) is 9.53 Å². The van der Waals surface area contributed by atoms with E-state index in [0.717, 1.165) is 11.3 Å². The van der Waals surface area contributed by atoms with Gasteiger partial charge in [-0.05, 0) is 31.3 Å². The summed E-state index contributed by atoms with van der Waals surface area (Å²) in [4.78, 5) is 11.9. The van der Waals surface area contributed by atoms with Crippen molar-refractivity contribution < 1.29 is 9.53 Å². The standard InChI is InChI=1S/C15H14N2O2S/c1-11-13(10-16-15(20)17-11)14(18)19-9-5-8-12-6-3-2-4-7-12/h2-4,6-7H,9-10H2,1H3,(H2,16,17,20). The molecule has 102 valence electrons. The van der Waals surface area contributed by atoms with Crippen molar-refractivity contribution in [1.82, 2.24) is 10.6 Å². The molecule has 1 aromatic carbocycles. The second kappa shape index (κ2) is 6.73. The lowest BCUT2D eigenvalue weighted by Crippen LogP contribution is -2.42. The molecule has 1 aromatic rings. The van der Waals surface area contributed by atoms with Crippen LogP contribution in [0.25, 0.3) is 0 Å². The number of allylic oxidation sites excluding steroid dienone is 1. The van der Waals surface area contributed by atoms with Crippen molar-refractivity contribution in [3.63, 3.8) is 0 Å². The van der Waals surface area contributed by atoms with Gasteiger partial charge in [0.1, 0.15) is 0 Å². The van der Waals surface area contributed by atoms with Gasteiger partial charge < -0.3 is 15.4 Å². The Hall–Kier alpha value is -2.32. The summed E-state index contributed by atoms with van der Waals surface area (Å²) in [6.45, 7) is 2.23. The molecule has 5 heteroatoms. The highest BCUT2D eigenvalue weighted by molar-refractivity contribution is 7.80. The van der Waals surface area contributed by atoms with Crippen molar-refractivity contribution in [2.24, 2.45) is 0 Å². The van der Waals surface area contributed by atoms with Crippen molar-refractivity contribution in [2.75, 3.05) is 13.2 Å². The molecular weight excluding hydrogens is 272 g/mol. The smallest absolute Gasteiger partial charge is 0.338 e. The number of nitrogens with one attached hydrogen (secondary N) is 2. The molecule has 0 aromatic heterocycles. The third-order valence-electron chi connectivity index (χ3n) is 2.71. The zero-order valence-corrected chi connectivity index (χ0v) is 11.8. The zero-order valence-electron chi connectivity index (χ0n) is 11.0. The van der Waals surface area contributed by atoms with E-state index < -0.39 is 0 Å². The third-order valence-corrected chi connectivity index (χ3v) is 2.95. The Bertz CT molecular complexity index is 612. The molecule has 0 saturated carbocycles. The largest absolute Gasteiger partial charge is 0.449 e. The number of hydrogen-bond donors (Lipinski definition) is 2. The number of rotatable bonds is 2. The molecule has 0 amide bonds. The molecule has 4 nitrogen and oxygen atoms in total. The summed E-state index contributed by atoms with van der Waals surface area (Å²) in [6, 6.07) is 9.54. The lowest BCUT2D eigenvalue weighted by atomic mass is 10.2. The van der Waals surface area contributed by atoms with E-state index in [1.54, 1.807) is 6.92 Å². The fraction of sp³-hybridized carbons (Fsp3) is 0.200. The van der Waals surface area contributed by atoms with E-state index in [0.29, 0.717) is 17.2 Å². The first kappa shape index (κ1) is 14.1. The van der Waals surface area contributed by atoms with Gasteiger partial charge in [-0.2, -0.15) is 0 Å². The highest BCUT2D eigenvalue weighted by Gasteiger charge is 2.19. The molecule has 0 atom stereocenters. The van der Waals surface area contributed by atoms with Gasteiger partial charge in [-0.3, -0.25) is 0 Å². The molecule has 2 rings (SSSR count). The Balaban J connectivity index is 1.89. The van der Waals surface area contributed by atoms with Crippen LogP contribution in [0.1, 0.15) is 12.5 Å². The second-order valence-corrected chi connectivity index (χ2v) is 4.56. The summed E-state index contributed by atoms with van der Waals surface area (Å²) < 4.78 is 5.12. The van der Waals surface area contributed by atoms with Crippen LogP contribution in [0.2, 0.25) is 0 Å². The molecule has 20 heavy (non-hydrogen) atoms. The maximum absolute atomic E-state index is 11.9. The molecule has 0 saturated heterocycles. The molecule has 1 aliphatic heterocycles. The van der Waals surface area contributed by atoms with Crippen molar-refractivity contribution in [3.05, 3.63) is 47.2 Å². The highest BCUT2D eigenvalue weighted by Crippen LogP contribution is 2.06. The van der Waals surface area contributed by atoms with Gasteiger partial charge in [0.05, 0.1) is 12.1 Å². The third kappa shape index (κ3) is 3.84. The first-order chi connectivity index (χ1) is 9.66. The summed E-state index contributed by atoms with van der Waals surface area (Å²) >= 11 is 4.95. The minimum Gasteiger partial charge on any atom is -0.449 e. The van der Waals surface area contributed by atoms with Gasteiger partial charge in [-0.1, -0.05) is 30.0 Å². The fourth-order valence-electron chi connectivity index (χ4n) is 1.66. The van der Waals surface area contributed by atoms with Crippen LogP contribution in [0, 0.1) is 11.8 Å². The van der Waals surface area contributed by atoms with Gasteiger partial charge >= 0.3 is 5.97 Å². The lowest BCUT2D eigenvalue weighted by Gasteiger charge is -2.20. The number of hydrogen-bond acceptors (Lipinski definition) is 3. The zero-order chi connectivity index (χ0) is 14.4. The summed E-state index contributed by atoms with van der Waals surface area (Å²) in [5.74, 6) is 5.36. The van der Waals surface area contributed by atoms with Gasteiger partial charge in [0.15, 0.2) is 11.7 Å². The molecular formula is C15H14N2O2S. The van der Waals surface area contributed by atoms with Gasteiger partial charge in [-0.25, -0.2) is 4.79 Å². The van der Waals surface area contributed by atoms with Crippen molar-refractivity contribution >= 4 is 23.3 Å². The maximum atomic E-state index is 11.9. The van der Waals surface area contributed by atoms with Crippen LogP contribution in [0.4, 0.5) is 0 Å². The molecule has 0 spiro atoms. The van der Waals surface area contributed by atoms with Gasteiger partial charge in [0.2, 0.25) is 0 Å². The molecule has 0 unspecified atom stereocenters. The molecule has 1 aliphatic rings. The van der Waals surface area contributed by atoms with Crippen LogP contribution in [-0.4, -0.2) is 24.2 Å². The molecule has 0 bridgehead atoms. The average Bonchev–Trinajstić information content (AvgIpc) is 2.44. The van der Waals surface area contributed by atoms with Gasteiger partial charge in [0, 0.05) is 11.3 Å². The second-order valence-electron chi connectivity index (χ2n) is 4.16. The number of carbonyl (C=O) groups excluding carboxylic acids is 1. The Labute approximate surface area is 123 Å². The van der Waals surface area contributed by atoms with E-state index in [9.17, 15) is 4.79 Å². The molecule has 0 radical (unpaired) electrons. The minimum absolute atomic E-state index is 0.0644. The van der Waals surface area contributed by atoms with E-state index in [1.165, 1.54) is 0 Å².